The molecule has 6 amide bonds. The number of amides is 6. The number of nitrogens with zero attached hydrogens (tertiary/aromatic N) is 2. The van der Waals surface area contributed by atoms with Crippen molar-refractivity contribution in [3.63, 3.8) is 0 Å². The average Bonchev–Trinajstić information content (AvgIpc) is 4.29. The molecule has 16 heteroatoms. The van der Waals surface area contributed by atoms with E-state index in [-0.39, 0.29) is 91.3 Å². The second-order valence-electron chi connectivity index (χ2n) is 25.2. The van der Waals surface area contributed by atoms with E-state index in [9.17, 15) is 38.4 Å². The van der Waals surface area contributed by atoms with Crippen molar-refractivity contribution in [2.75, 3.05) is 19.8 Å². The summed E-state index contributed by atoms with van der Waals surface area (Å²) in [6, 6.07) is 27.0. The highest BCUT2D eigenvalue weighted by Crippen LogP contribution is 2.36. The molecule has 9 atom stereocenters. The number of aryl methyl sites for hydroxylation is 2. The minimum Gasteiger partial charge on any atom is -0.348 e. The van der Waals surface area contributed by atoms with Crippen LogP contribution in [0.3, 0.4) is 0 Å². The number of carbonyl (C=O) groups excluding carboxylic acids is 8. The van der Waals surface area contributed by atoms with Gasteiger partial charge in [-0.25, -0.2) is 0 Å². The van der Waals surface area contributed by atoms with Crippen LogP contribution in [0.5, 0.6) is 0 Å². The first-order valence-corrected chi connectivity index (χ1v) is 32.8. The monoisotopic (exact) mass is 1120 g/mol. The summed E-state index contributed by atoms with van der Waals surface area (Å²) in [6.45, 7) is 15.8. The normalized spacial score (nSPS) is 21.8. The van der Waals surface area contributed by atoms with Crippen molar-refractivity contribution in [1.29, 1.82) is 0 Å². The highest BCUT2D eigenvalue weighted by Gasteiger charge is 2.48. The third-order valence-corrected chi connectivity index (χ3v) is 20.2. The number of fused-ring (bicyclic) bond motifs is 2. The minimum atomic E-state index is -2.00. The lowest BCUT2D eigenvalue weighted by Gasteiger charge is -2.36. The lowest BCUT2D eigenvalue weighted by molar-refractivity contribution is -0.146. The van der Waals surface area contributed by atoms with Crippen LogP contribution in [-0.2, 0) is 54.5 Å². The fourth-order valence-corrected chi connectivity index (χ4v) is 15.2. The van der Waals surface area contributed by atoms with Gasteiger partial charge in [-0.3, -0.25) is 38.4 Å². The Bertz CT molecular complexity index is 2970. The molecule has 15 nitrogen and oxygen atoms in total. The van der Waals surface area contributed by atoms with Crippen molar-refractivity contribution in [2.24, 2.45) is 17.3 Å². The molecule has 0 saturated carbocycles. The third kappa shape index (κ3) is 14.6. The lowest BCUT2D eigenvalue weighted by Crippen LogP contribution is -2.55. The molecule has 0 aromatic heterocycles. The summed E-state index contributed by atoms with van der Waals surface area (Å²) in [5.41, 5.74) is 6.28. The van der Waals surface area contributed by atoms with E-state index < -0.39 is 55.5 Å². The van der Waals surface area contributed by atoms with Gasteiger partial charge in [-0.15, -0.1) is 0 Å². The number of hydrogen-bond acceptors (Lipinski definition) is 9. The molecule has 3 unspecified atom stereocenters. The van der Waals surface area contributed by atoms with Gasteiger partial charge < -0.3 is 36.4 Å². The minimum absolute atomic E-state index is 0.000389. The average molecular weight is 1120 g/mol. The maximum absolute atomic E-state index is 14.7. The Morgan fingerprint density at radius 3 is 1.80 bits per heavy atom. The molecule has 4 aliphatic rings. The zero-order chi connectivity index (χ0) is 58.3. The quantitative estimate of drug-likeness (QED) is 0.0430. The predicted molar refractivity (Wildman–Crippen MR) is 317 cm³/mol. The van der Waals surface area contributed by atoms with Crippen molar-refractivity contribution in [2.45, 2.75) is 174 Å². The molecule has 8 rings (SSSR count). The van der Waals surface area contributed by atoms with E-state index in [0.717, 1.165) is 60.8 Å². The number of Topliss-reactive ketones (excluding diaryl/α,β-unsaturated/α-hetero) is 2. The number of nitrogens with one attached hydrogen (secondary N) is 5. The largest absolute Gasteiger partial charge is 0.348 e. The molecule has 2 aliphatic heterocycles. The van der Waals surface area contributed by atoms with Crippen LogP contribution in [0.1, 0.15) is 153 Å². The lowest BCUT2D eigenvalue weighted by atomic mass is 9.76. The number of ketones is 2. The number of benzene rings is 4. The van der Waals surface area contributed by atoms with Crippen LogP contribution in [0.2, 0.25) is 19.1 Å². The Hall–Kier alpha value is -6.78. The SMILES string of the molecule is CC[C@@H](C)C(=O)NC(Cc1ccc(CC(=O)c2ccc(C(=O)N[C@H]3C[C@@H](C(=O)NC4CCCc5ccccc54)N(C(=O)[C@@H](CC(=O)[C@H](C)NC)C(C)(C)C)C3)cc2)cc1)C(=O)N1C[Si](C)(C)C[C@H]1C(=O)NC1CCCc2ccccc21. The molecule has 0 spiro atoms. The van der Waals surface area contributed by atoms with Gasteiger partial charge in [0.2, 0.25) is 29.5 Å². The summed E-state index contributed by atoms with van der Waals surface area (Å²) in [5.74, 6) is -2.95. The number of hydrogen-bond donors (Lipinski definition) is 5. The smallest absolute Gasteiger partial charge is 0.251 e. The number of rotatable bonds is 20. The molecule has 2 heterocycles. The van der Waals surface area contributed by atoms with Gasteiger partial charge in [0, 0.05) is 61.0 Å². The van der Waals surface area contributed by atoms with E-state index in [1.807, 2.05) is 89.2 Å². The zero-order valence-electron chi connectivity index (χ0n) is 49.0. The Labute approximate surface area is 479 Å². The van der Waals surface area contributed by atoms with Crippen molar-refractivity contribution in [1.82, 2.24) is 36.4 Å². The van der Waals surface area contributed by atoms with Crippen LogP contribution in [-0.4, -0.2) is 115 Å². The van der Waals surface area contributed by atoms with Crippen LogP contribution in [0, 0.1) is 17.3 Å². The zero-order valence-corrected chi connectivity index (χ0v) is 50.0. The Morgan fingerprint density at radius 2 is 1.23 bits per heavy atom. The molecule has 4 aromatic carbocycles. The van der Waals surface area contributed by atoms with Gasteiger partial charge in [0.1, 0.15) is 23.9 Å². The van der Waals surface area contributed by atoms with Gasteiger partial charge in [0.25, 0.3) is 5.91 Å². The van der Waals surface area contributed by atoms with E-state index in [0.29, 0.717) is 29.8 Å². The van der Waals surface area contributed by atoms with Gasteiger partial charge in [-0.2, -0.15) is 0 Å². The maximum Gasteiger partial charge on any atom is 0.251 e. The van der Waals surface area contributed by atoms with E-state index >= 15 is 0 Å². The Balaban J connectivity index is 0.914. The first-order valence-electron chi connectivity index (χ1n) is 29.4. The molecule has 432 valence electrons. The predicted octanol–water partition coefficient (Wildman–Crippen LogP) is 7.96. The van der Waals surface area contributed by atoms with Crippen LogP contribution >= 0.6 is 0 Å². The molecule has 4 aromatic rings. The van der Waals surface area contributed by atoms with Crippen LogP contribution in [0.4, 0.5) is 0 Å². The first kappa shape index (κ1) is 60.3. The first-order chi connectivity index (χ1) is 38.5. The summed E-state index contributed by atoms with van der Waals surface area (Å²) >= 11 is 0. The molecule has 2 aliphatic carbocycles. The summed E-state index contributed by atoms with van der Waals surface area (Å²) in [4.78, 5) is 116. The molecule has 0 radical (unpaired) electrons. The van der Waals surface area contributed by atoms with Crippen LogP contribution < -0.4 is 26.6 Å². The van der Waals surface area contributed by atoms with E-state index in [1.54, 1.807) is 48.0 Å². The topological polar surface area (TPSA) is 203 Å². The van der Waals surface area contributed by atoms with Crippen molar-refractivity contribution >= 4 is 55.1 Å². The van der Waals surface area contributed by atoms with Crippen molar-refractivity contribution in [3.05, 3.63) is 142 Å². The van der Waals surface area contributed by atoms with Crippen molar-refractivity contribution in [3.8, 4) is 0 Å². The number of likely N-dealkylation sites (tertiary alicyclic amines) is 1. The second-order valence-corrected chi connectivity index (χ2v) is 30.3. The molecular formula is C65H85N7O8Si. The maximum atomic E-state index is 14.7. The van der Waals surface area contributed by atoms with Gasteiger partial charge in [0.15, 0.2) is 5.78 Å². The van der Waals surface area contributed by atoms with Gasteiger partial charge in [-0.1, -0.05) is 133 Å². The van der Waals surface area contributed by atoms with Crippen LogP contribution in [0.25, 0.3) is 0 Å². The molecule has 0 bridgehead atoms. The number of carbonyl (C=O) groups is 8. The second kappa shape index (κ2) is 26.0. The molecule has 5 N–H and O–H groups in total. The Morgan fingerprint density at radius 1 is 0.679 bits per heavy atom. The summed E-state index contributed by atoms with van der Waals surface area (Å²) in [6.07, 6.45) is 6.95. The van der Waals surface area contributed by atoms with E-state index in [2.05, 4.69) is 57.9 Å². The van der Waals surface area contributed by atoms with Crippen molar-refractivity contribution < 1.29 is 38.4 Å². The van der Waals surface area contributed by atoms with E-state index in [1.165, 1.54) is 11.1 Å². The summed E-state index contributed by atoms with van der Waals surface area (Å²) in [7, 11) is -0.295. The van der Waals surface area contributed by atoms with Gasteiger partial charge >= 0.3 is 0 Å². The van der Waals surface area contributed by atoms with E-state index in [4.69, 9.17) is 0 Å². The molecule has 2 fully saturated rings. The Kier molecular flexibility index (Phi) is 19.4. The van der Waals surface area contributed by atoms with Gasteiger partial charge in [0.05, 0.1) is 26.2 Å². The molecule has 2 saturated heterocycles. The fourth-order valence-electron chi connectivity index (χ4n) is 12.3. The van der Waals surface area contributed by atoms with Gasteiger partial charge in [-0.05, 0) is 122 Å². The number of likely N-dealkylation sites (N-methyl/N-ethyl adjacent to an activating group) is 1. The highest BCUT2D eigenvalue weighted by molar-refractivity contribution is 6.79. The molecule has 81 heavy (non-hydrogen) atoms. The summed E-state index contributed by atoms with van der Waals surface area (Å²) in [5, 5.41) is 15.7. The highest BCUT2D eigenvalue weighted by atomic mass is 28.3. The third-order valence-electron chi connectivity index (χ3n) is 17.5. The van der Waals surface area contributed by atoms with Crippen LogP contribution in [0.15, 0.2) is 97.1 Å². The molecular weight excluding hydrogens is 1030 g/mol. The fraction of sp³-hybridized carbons (Fsp3) is 0.508. The standard InChI is InChI=1S/C65H85N7O8Si/c1-10-40(2)59(75)70-54(64(80)72-39-81(8,9)38-56(72)62(78)69-53-24-16-20-45-18-12-14-22-50(45)53)33-42-25-27-43(28-26-42)34-58(74)46-29-31-47(32-30-46)60(76)67-48-35-55(61(77)68-52-23-15-19-44-17-11-13-21-49(44)52)71(37-48)63(79)51(65(4,5)6)36-57(73)41(3)66-7/h11-14,17-18,21-22,25-32,40-41,48,51-56,66H,10,15-16,19-20,23-24,33-39H2,1-9H3,(H,67,76)(H,68,77)(H,69,78)(H,70,75)/t40-,41+,48+,51-,52?,53?,54?,55+,56+/m1/s1. The summed E-state index contributed by atoms with van der Waals surface area (Å²) < 4.78 is 0.